The van der Waals surface area contributed by atoms with Gasteiger partial charge in [-0.3, -0.25) is 4.79 Å². The van der Waals surface area contributed by atoms with Crippen LogP contribution in [0.1, 0.15) is 36.2 Å². The molecule has 0 aromatic carbocycles. The van der Waals surface area contributed by atoms with Gasteiger partial charge in [0.2, 0.25) is 0 Å². The van der Waals surface area contributed by atoms with Crippen LogP contribution in [0.15, 0.2) is 18.3 Å². The summed E-state index contributed by atoms with van der Waals surface area (Å²) in [7, 11) is 0. The first-order valence-electron chi connectivity index (χ1n) is 5.87. The lowest BCUT2D eigenvalue weighted by atomic mass is 9.92. The number of nitrogens with one attached hydrogen (secondary N) is 1. The highest BCUT2D eigenvalue weighted by atomic mass is 35.5. The number of aromatic hydroxyl groups is 1. The molecule has 1 aliphatic carbocycles. The number of rotatable bonds is 2. The van der Waals surface area contributed by atoms with Crippen molar-refractivity contribution < 1.29 is 9.90 Å². The van der Waals surface area contributed by atoms with Crippen LogP contribution in [-0.4, -0.2) is 28.1 Å². The summed E-state index contributed by atoms with van der Waals surface area (Å²) < 4.78 is 0. The smallest absolute Gasteiger partial charge is 0.273 e. The van der Waals surface area contributed by atoms with E-state index in [0.717, 1.165) is 25.7 Å². The average molecular weight is 272 g/mol. The SMILES string of the molecule is Cl.NC1CCC(NC(=O)c2ncccc2O)CC1. The number of nitrogens with zero attached hydrogens (tertiary/aromatic N) is 1. The van der Waals surface area contributed by atoms with Crippen LogP contribution in [-0.2, 0) is 0 Å². The molecule has 1 aliphatic rings. The minimum atomic E-state index is -0.316. The summed E-state index contributed by atoms with van der Waals surface area (Å²) in [5.41, 5.74) is 5.88. The summed E-state index contributed by atoms with van der Waals surface area (Å²) >= 11 is 0. The van der Waals surface area contributed by atoms with E-state index in [1.165, 1.54) is 12.3 Å². The van der Waals surface area contributed by atoms with Crippen LogP contribution in [0.2, 0.25) is 0 Å². The van der Waals surface area contributed by atoms with Gasteiger partial charge in [-0.05, 0) is 37.8 Å². The van der Waals surface area contributed by atoms with Crippen LogP contribution in [0.5, 0.6) is 5.75 Å². The van der Waals surface area contributed by atoms with Crippen LogP contribution in [0.3, 0.4) is 0 Å². The van der Waals surface area contributed by atoms with Crippen LogP contribution >= 0.6 is 12.4 Å². The molecule has 0 saturated heterocycles. The van der Waals surface area contributed by atoms with E-state index < -0.39 is 0 Å². The summed E-state index contributed by atoms with van der Waals surface area (Å²) in [6, 6.07) is 3.44. The van der Waals surface area contributed by atoms with E-state index in [4.69, 9.17) is 5.73 Å². The molecular weight excluding hydrogens is 254 g/mol. The predicted octanol–water partition coefficient (Wildman–Crippen LogP) is 1.21. The Hall–Kier alpha value is -1.33. The maximum atomic E-state index is 11.9. The second-order valence-electron chi connectivity index (χ2n) is 4.46. The molecule has 1 aromatic heterocycles. The summed E-state index contributed by atoms with van der Waals surface area (Å²) in [4.78, 5) is 15.7. The Morgan fingerprint density at radius 1 is 1.39 bits per heavy atom. The lowest BCUT2D eigenvalue weighted by Crippen LogP contribution is -2.40. The second kappa shape index (κ2) is 6.56. The largest absolute Gasteiger partial charge is 0.505 e. The third-order valence-corrected chi connectivity index (χ3v) is 3.11. The molecule has 0 atom stereocenters. The average Bonchev–Trinajstić information content (AvgIpc) is 2.32. The normalized spacial score (nSPS) is 22.9. The molecule has 2 rings (SSSR count). The Labute approximate surface area is 112 Å². The first-order valence-corrected chi connectivity index (χ1v) is 5.87. The summed E-state index contributed by atoms with van der Waals surface area (Å²) in [6.45, 7) is 0. The number of halogens is 1. The van der Waals surface area contributed by atoms with Crippen molar-refractivity contribution in [2.24, 2.45) is 5.73 Å². The molecule has 1 amide bonds. The van der Waals surface area contributed by atoms with Crippen LogP contribution < -0.4 is 11.1 Å². The number of hydrogen-bond donors (Lipinski definition) is 3. The van der Waals surface area contributed by atoms with Gasteiger partial charge in [-0.15, -0.1) is 12.4 Å². The van der Waals surface area contributed by atoms with Gasteiger partial charge in [0.05, 0.1) is 0 Å². The van der Waals surface area contributed by atoms with E-state index in [2.05, 4.69) is 10.3 Å². The Bertz CT molecular complexity index is 406. The second-order valence-corrected chi connectivity index (χ2v) is 4.46. The molecule has 18 heavy (non-hydrogen) atoms. The van der Waals surface area contributed by atoms with Gasteiger partial charge in [0.15, 0.2) is 5.69 Å². The molecular formula is C12H18ClN3O2. The predicted molar refractivity (Wildman–Crippen MR) is 70.8 cm³/mol. The van der Waals surface area contributed by atoms with Crippen LogP contribution in [0.4, 0.5) is 0 Å². The molecule has 6 heteroatoms. The molecule has 1 heterocycles. The molecule has 0 aliphatic heterocycles. The lowest BCUT2D eigenvalue weighted by molar-refractivity contribution is 0.0918. The van der Waals surface area contributed by atoms with Gasteiger partial charge in [-0.2, -0.15) is 0 Å². The molecule has 4 N–H and O–H groups in total. The monoisotopic (exact) mass is 271 g/mol. The molecule has 0 unspecified atom stereocenters. The van der Waals surface area contributed by atoms with E-state index in [0.29, 0.717) is 0 Å². The van der Waals surface area contributed by atoms with Gasteiger partial charge in [-0.1, -0.05) is 0 Å². The van der Waals surface area contributed by atoms with Gasteiger partial charge in [0.25, 0.3) is 5.91 Å². The number of amides is 1. The van der Waals surface area contributed by atoms with E-state index in [9.17, 15) is 9.90 Å². The van der Waals surface area contributed by atoms with Gasteiger partial charge >= 0.3 is 0 Å². The lowest BCUT2D eigenvalue weighted by Gasteiger charge is -2.26. The van der Waals surface area contributed by atoms with Gasteiger partial charge in [0, 0.05) is 18.3 Å². The zero-order chi connectivity index (χ0) is 12.3. The van der Waals surface area contributed by atoms with Crippen LogP contribution in [0.25, 0.3) is 0 Å². The molecule has 1 saturated carbocycles. The number of carbonyl (C=O) groups is 1. The number of carbonyl (C=O) groups excluding carboxylic acids is 1. The van der Waals surface area contributed by atoms with E-state index in [1.807, 2.05) is 0 Å². The van der Waals surface area contributed by atoms with E-state index in [1.54, 1.807) is 6.07 Å². The third-order valence-electron chi connectivity index (χ3n) is 3.11. The summed E-state index contributed by atoms with van der Waals surface area (Å²) in [5, 5.41) is 12.4. The van der Waals surface area contributed by atoms with E-state index >= 15 is 0 Å². The number of nitrogens with two attached hydrogens (primary N) is 1. The number of aromatic nitrogens is 1. The molecule has 100 valence electrons. The molecule has 5 nitrogen and oxygen atoms in total. The minimum Gasteiger partial charge on any atom is -0.505 e. The summed E-state index contributed by atoms with van der Waals surface area (Å²) in [5.74, 6) is -0.402. The quantitative estimate of drug-likeness (QED) is 0.754. The van der Waals surface area contributed by atoms with Gasteiger partial charge in [0.1, 0.15) is 5.75 Å². The zero-order valence-electron chi connectivity index (χ0n) is 10.0. The Kier molecular flexibility index (Phi) is 5.37. The Morgan fingerprint density at radius 2 is 2.06 bits per heavy atom. The maximum absolute atomic E-state index is 11.9. The first-order chi connectivity index (χ1) is 8.16. The number of pyridine rings is 1. The van der Waals surface area contributed by atoms with Crippen molar-refractivity contribution >= 4 is 18.3 Å². The van der Waals surface area contributed by atoms with Crippen molar-refractivity contribution in [2.45, 2.75) is 37.8 Å². The van der Waals surface area contributed by atoms with Crippen molar-refractivity contribution in [3.63, 3.8) is 0 Å². The van der Waals surface area contributed by atoms with E-state index in [-0.39, 0.29) is 41.8 Å². The maximum Gasteiger partial charge on any atom is 0.273 e. The number of hydrogen-bond acceptors (Lipinski definition) is 4. The fourth-order valence-corrected chi connectivity index (χ4v) is 2.09. The van der Waals surface area contributed by atoms with Crippen molar-refractivity contribution in [1.82, 2.24) is 10.3 Å². The van der Waals surface area contributed by atoms with Gasteiger partial charge < -0.3 is 16.2 Å². The highest BCUT2D eigenvalue weighted by Crippen LogP contribution is 2.18. The summed E-state index contributed by atoms with van der Waals surface area (Å²) in [6.07, 6.45) is 5.13. The van der Waals surface area contributed by atoms with Crippen molar-refractivity contribution in [1.29, 1.82) is 0 Å². The fraction of sp³-hybridized carbons (Fsp3) is 0.500. The van der Waals surface area contributed by atoms with Crippen molar-refractivity contribution in [3.8, 4) is 5.75 Å². The van der Waals surface area contributed by atoms with Crippen molar-refractivity contribution in [2.75, 3.05) is 0 Å². The molecule has 0 radical (unpaired) electrons. The first kappa shape index (κ1) is 14.7. The molecule has 0 bridgehead atoms. The minimum absolute atomic E-state index is 0. The fourth-order valence-electron chi connectivity index (χ4n) is 2.09. The third kappa shape index (κ3) is 3.58. The topological polar surface area (TPSA) is 88.2 Å². The zero-order valence-corrected chi connectivity index (χ0v) is 10.8. The van der Waals surface area contributed by atoms with Crippen LogP contribution in [0, 0.1) is 0 Å². The Morgan fingerprint density at radius 3 is 2.67 bits per heavy atom. The standard InChI is InChI=1S/C12H17N3O2.ClH/c13-8-3-5-9(6-4-8)15-12(17)11-10(16)2-1-7-14-11;/h1-2,7-9,16H,3-6,13H2,(H,15,17);1H. The highest BCUT2D eigenvalue weighted by molar-refractivity contribution is 5.94. The molecule has 1 aromatic rings. The van der Waals surface area contributed by atoms with Gasteiger partial charge in [-0.25, -0.2) is 4.98 Å². The Balaban J connectivity index is 0.00000162. The molecule has 0 spiro atoms. The highest BCUT2D eigenvalue weighted by Gasteiger charge is 2.22. The van der Waals surface area contributed by atoms with Crippen molar-refractivity contribution in [3.05, 3.63) is 24.0 Å². The molecule has 1 fully saturated rings.